The van der Waals surface area contributed by atoms with E-state index in [1.807, 2.05) is 0 Å². The SMILES string of the molecule is CC[C@H](C)[C@@H]1NC(=O)[C@H](CC(C)C)NC(=O)[C@@H](NC(=O)[C@H](C)NC(=O)CNC(=O)c2ccc(O)cc2)CNC(=O)[C@H](CS(=O)(=O)O)NC(=O)/C=C/c2csc(n2)[C@H](Cc2ccc(O)cc2)NC(=O)C1=O. The van der Waals surface area contributed by atoms with Gasteiger partial charge in [0.05, 0.1) is 24.3 Å². The van der Waals surface area contributed by atoms with Crippen LogP contribution in [0.15, 0.2) is 60.0 Å². The molecule has 2 heterocycles. The second-order valence-electron chi connectivity index (χ2n) is 16.9. The summed E-state index contributed by atoms with van der Waals surface area (Å²) >= 11 is 1.05. The first-order chi connectivity index (χ1) is 32.9. The predicted octanol–water partition coefficient (Wildman–Crippen LogP) is -0.480. The Morgan fingerprint density at radius 1 is 0.814 bits per heavy atom. The summed E-state index contributed by atoms with van der Waals surface area (Å²) < 4.78 is 33.8. The number of phenols is 2. The minimum absolute atomic E-state index is 0.0229. The summed E-state index contributed by atoms with van der Waals surface area (Å²) in [5, 5.41) is 40.4. The molecule has 2 bridgehead atoms. The minimum atomic E-state index is -4.95. The largest absolute Gasteiger partial charge is 0.508 e. The van der Waals surface area contributed by atoms with E-state index in [4.69, 9.17) is 0 Å². The number of aromatic nitrogens is 1. The molecule has 1 aliphatic rings. The standard InChI is InChI=1S/C45H57N9O14S2/c1-6-24(4)37-38(59)44(65)52-32(18-26-7-12-29(55)13-8-26)45-49-28(21-69-45)11-16-35(57)50-34(22-70(66,67)68)41(62)46-19-33(43(64)51-31(17-23(2)3)42(63)54-37)53-39(60)25(5)48-36(58)20-47-40(61)27-9-14-30(56)15-10-27/h7-16,21,23-25,31-34,37,55-56H,6,17-20,22H2,1-5H3,(H,46,62)(H,47,61)(H,48,58)(H,50,57)(H,51,64)(H,52,65)(H,53,60)(H,54,63)(H,66,67,68)/b16-11+/t24-,25-,31-,32-,33-,34-,37-/m0/s1. The minimum Gasteiger partial charge on any atom is -0.508 e. The number of carbonyl (C=O) groups is 9. The van der Waals surface area contributed by atoms with Crippen LogP contribution in [0.5, 0.6) is 11.5 Å². The van der Waals surface area contributed by atoms with Crippen molar-refractivity contribution in [1.82, 2.24) is 47.5 Å². The molecule has 7 atom stereocenters. The number of phenolic OH excluding ortho intramolecular Hbond substituents is 2. The Morgan fingerprint density at radius 3 is 2.07 bits per heavy atom. The van der Waals surface area contributed by atoms with Crippen molar-refractivity contribution < 1.29 is 66.3 Å². The average Bonchev–Trinajstić information content (AvgIpc) is 3.78. The van der Waals surface area contributed by atoms with Crippen LogP contribution in [0, 0.1) is 11.8 Å². The van der Waals surface area contributed by atoms with E-state index in [1.165, 1.54) is 54.8 Å². The first-order valence-electron chi connectivity index (χ1n) is 22.0. The zero-order valence-corrected chi connectivity index (χ0v) is 40.4. The lowest BCUT2D eigenvalue weighted by Gasteiger charge is -2.29. The fourth-order valence-corrected chi connectivity index (χ4v) is 8.24. The average molecular weight is 1010 g/mol. The summed E-state index contributed by atoms with van der Waals surface area (Å²) in [5.41, 5.74) is 0.904. The highest BCUT2D eigenvalue weighted by Crippen LogP contribution is 2.25. The van der Waals surface area contributed by atoms with Crippen molar-refractivity contribution >= 4 is 80.6 Å². The van der Waals surface area contributed by atoms with Gasteiger partial charge in [-0.25, -0.2) is 4.98 Å². The number of thiazole rings is 1. The zero-order chi connectivity index (χ0) is 51.9. The number of carbonyl (C=O) groups excluding carboxylic acids is 9. The number of nitrogens with one attached hydrogen (secondary N) is 8. The second kappa shape index (κ2) is 25.4. The van der Waals surface area contributed by atoms with Gasteiger partial charge in [-0.1, -0.05) is 46.2 Å². The molecule has 1 aliphatic heterocycles. The Hall–Kier alpha value is -7.25. The van der Waals surface area contributed by atoms with Gasteiger partial charge in [-0.15, -0.1) is 11.3 Å². The number of nitrogens with zero attached hydrogens (tertiary/aromatic N) is 1. The molecule has 378 valence electrons. The van der Waals surface area contributed by atoms with Crippen LogP contribution < -0.4 is 42.5 Å². The smallest absolute Gasteiger partial charge is 0.290 e. The maximum atomic E-state index is 14.2. The van der Waals surface area contributed by atoms with Crippen LogP contribution in [-0.4, -0.2) is 130 Å². The molecular formula is C45H57N9O14S2. The summed E-state index contributed by atoms with van der Waals surface area (Å²) in [4.78, 5) is 126. The van der Waals surface area contributed by atoms with Crippen LogP contribution in [0.25, 0.3) is 6.08 Å². The van der Waals surface area contributed by atoms with Crippen LogP contribution in [0.2, 0.25) is 0 Å². The monoisotopic (exact) mass is 1010 g/mol. The lowest BCUT2D eigenvalue weighted by molar-refractivity contribution is -0.142. The first kappa shape index (κ1) is 55.3. The Morgan fingerprint density at radius 2 is 1.46 bits per heavy atom. The molecule has 11 N–H and O–H groups in total. The van der Waals surface area contributed by atoms with E-state index < -0.39 is 124 Å². The third-order valence-electron chi connectivity index (χ3n) is 10.7. The normalized spacial score (nSPS) is 21.2. The maximum Gasteiger partial charge on any atom is 0.290 e. The van der Waals surface area contributed by atoms with Gasteiger partial charge in [-0.05, 0) is 79.6 Å². The third-order valence-corrected chi connectivity index (χ3v) is 12.4. The molecule has 4 rings (SSSR count). The molecule has 2 aromatic carbocycles. The lowest BCUT2D eigenvalue weighted by atomic mass is 9.93. The van der Waals surface area contributed by atoms with Gasteiger partial charge in [-0.2, -0.15) is 8.42 Å². The molecular weight excluding hydrogens is 955 g/mol. The van der Waals surface area contributed by atoms with Crippen molar-refractivity contribution in [3.05, 3.63) is 81.8 Å². The number of rotatable bonds is 14. The summed E-state index contributed by atoms with van der Waals surface area (Å²) in [7, 11) is -4.95. The molecule has 0 fully saturated rings. The zero-order valence-electron chi connectivity index (χ0n) is 38.8. The topological polar surface area (TPSA) is 358 Å². The maximum absolute atomic E-state index is 14.2. The van der Waals surface area contributed by atoms with Gasteiger partial charge in [-0.3, -0.25) is 47.7 Å². The van der Waals surface area contributed by atoms with Gasteiger partial charge in [0.1, 0.15) is 46.4 Å². The van der Waals surface area contributed by atoms with E-state index in [9.17, 15) is 66.3 Å². The summed E-state index contributed by atoms with van der Waals surface area (Å²) in [6, 6.07) is 2.16. The molecule has 8 amide bonds. The van der Waals surface area contributed by atoms with Gasteiger partial charge in [0, 0.05) is 23.6 Å². The third kappa shape index (κ3) is 17.4. The van der Waals surface area contributed by atoms with E-state index in [2.05, 4.69) is 47.5 Å². The van der Waals surface area contributed by atoms with Gasteiger partial charge in [0.25, 0.3) is 21.9 Å². The van der Waals surface area contributed by atoms with Gasteiger partial charge < -0.3 is 52.7 Å². The van der Waals surface area contributed by atoms with E-state index >= 15 is 0 Å². The number of aromatic hydroxyl groups is 2. The van der Waals surface area contributed by atoms with E-state index in [1.54, 1.807) is 39.8 Å². The molecule has 0 spiro atoms. The highest BCUT2D eigenvalue weighted by atomic mass is 32.2. The molecule has 23 nitrogen and oxygen atoms in total. The quantitative estimate of drug-likeness (QED) is 0.0718. The van der Waals surface area contributed by atoms with Crippen molar-refractivity contribution in [3.8, 4) is 11.5 Å². The molecule has 0 saturated carbocycles. The first-order valence-corrected chi connectivity index (χ1v) is 24.5. The van der Waals surface area contributed by atoms with Crippen molar-refractivity contribution in [2.24, 2.45) is 11.8 Å². The number of hydrogen-bond acceptors (Lipinski definition) is 15. The van der Waals surface area contributed by atoms with Gasteiger partial charge in [0.15, 0.2) is 0 Å². The van der Waals surface area contributed by atoms with Crippen LogP contribution >= 0.6 is 11.3 Å². The Bertz CT molecular complexity index is 2550. The number of Topliss-reactive ketones (excluding diaryl/α,β-unsaturated/α-hetero) is 1. The van der Waals surface area contributed by atoms with Crippen molar-refractivity contribution in [1.29, 1.82) is 0 Å². The highest BCUT2D eigenvalue weighted by molar-refractivity contribution is 7.85. The molecule has 0 aliphatic carbocycles. The molecule has 25 heteroatoms. The lowest BCUT2D eigenvalue weighted by Crippen LogP contribution is -2.61. The van der Waals surface area contributed by atoms with Crippen molar-refractivity contribution in [3.63, 3.8) is 0 Å². The molecule has 0 unspecified atom stereocenters. The molecule has 0 radical (unpaired) electrons. The summed E-state index contributed by atoms with van der Waals surface area (Å²) in [6.07, 6.45) is 2.43. The highest BCUT2D eigenvalue weighted by Gasteiger charge is 2.37. The molecule has 3 aromatic rings. The van der Waals surface area contributed by atoms with Crippen LogP contribution in [0.1, 0.15) is 80.1 Å². The number of ketones is 1. The van der Waals surface area contributed by atoms with E-state index in [0.29, 0.717) is 12.0 Å². The number of fused-ring (bicyclic) bond motifs is 2. The van der Waals surface area contributed by atoms with Gasteiger partial charge >= 0.3 is 0 Å². The predicted molar refractivity (Wildman–Crippen MR) is 253 cm³/mol. The van der Waals surface area contributed by atoms with Crippen LogP contribution in [0.4, 0.5) is 0 Å². The van der Waals surface area contributed by atoms with Crippen LogP contribution in [-0.2, 0) is 54.9 Å². The second-order valence-corrected chi connectivity index (χ2v) is 19.3. The summed E-state index contributed by atoms with van der Waals surface area (Å²) in [5.74, 6) is -11.3. The van der Waals surface area contributed by atoms with E-state index in [-0.39, 0.29) is 46.5 Å². The van der Waals surface area contributed by atoms with Crippen molar-refractivity contribution in [2.75, 3.05) is 18.8 Å². The molecule has 70 heavy (non-hydrogen) atoms. The van der Waals surface area contributed by atoms with Gasteiger partial charge in [0.2, 0.25) is 41.2 Å². The van der Waals surface area contributed by atoms with Crippen LogP contribution in [0.3, 0.4) is 0 Å². The Labute approximate surface area is 407 Å². The fourth-order valence-electron chi connectivity index (χ4n) is 6.75. The summed E-state index contributed by atoms with van der Waals surface area (Å²) in [6.45, 7) is 6.60. The fraction of sp³-hybridized carbons (Fsp3) is 0.422. The number of amides is 8. The molecule has 1 aromatic heterocycles. The Kier molecular flexibility index (Phi) is 20.1. The molecule has 0 saturated heterocycles. The number of benzene rings is 2. The van der Waals surface area contributed by atoms with E-state index in [0.717, 1.165) is 17.4 Å². The Balaban J connectivity index is 1.69. The van der Waals surface area contributed by atoms with Crippen molar-refractivity contribution in [2.45, 2.75) is 90.1 Å². The number of hydrogen-bond donors (Lipinski definition) is 11.